The summed E-state index contributed by atoms with van der Waals surface area (Å²) in [6.07, 6.45) is 1.69. The van der Waals surface area contributed by atoms with E-state index in [4.69, 9.17) is 5.11 Å². The van der Waals surface area contributed by atoms with Gasteiger partial charge in [-0.2, -0.15) is 0 Å². The maximum Gasteiger partial charge on any atom is 0.325 e. The first-order valence-corrected chi connectivity index (χ1v) is 5.62. The number of halogens is 3. The number of hydrogen-bond donors (Lipinski definition) is 1. The minimum atomic E-state index is -1.58. The average Bonchev–Trinajstić information content (AvgIpc) is 2.79. The summed E-state index contributed by atoms with van der Waals surface area (Å²) in [6.45, 7) is 1.11. The molecular formula is C12H12F3NO2. The average molecular weight is 259 g/mol. The second kappa shape index (κ2) is 4.97. The van der Waals surface area contributed by atoms with Crippen LogP contribution in [0.15, 0.2) is 12.1 Å². The first kappa shape index (κ1) is 12.9. The van der Waals surface area contributed by atoms with Gasteiger partial charge in [-0.1, -0.05) is 0 Å². The molecule has 0 radical (unpaired) electrons. The van der Waals surface area contributed by atoms with Gasteiger partial charge >= 0.3 is 5.97 Å². The van der Waals surface area contributed by atoms with Gasteiger partial charge in [0, 0.05) is 0 Å². The van der Waals surface area contributed by atoms with Crippen LogP contribution >= 0.6 is 0 Å². The van der Waals surface area contributed by atoms with Gasteiger partial charge in [-0.05, 0) is 43.6 Å². The molecule has 1 atom stereocenters. The molecule has 0 aliphatic carbocycles. The Morgan fingerprint density at radius 2 is 1.67 bits per heavy atom. The summed E-state index contributed by atoms with van der Waals surface area (Å²) < 4.78 is 39.1. The summed E-state index contributed by atoms with van der Waals surface area (Å²) in [5.41, 5.74) is -0.0687. The molecule has 1 N–H and O–H groups in total. The zero-order chi connectivity index (χ0) is 13.3. The Morgan fingerprint density at radius 3 is 2.11 bits per heavy atom. The van der Waals surface area contributed by atoms with Crippen molar-refractivity contribution in [2.75, 3.05) is 13.1 Å². The zero-order valence-corrected chi connectivity index (χ0v) is 9.50. The lowest BCUT2D eigenvalue weighted by Gasteiger charge is -2.24. The van der Waals surface area contributed by atoms with Gasteiger partial charge < -0.3 is 5.11 Å². The fourth-order valence-corrected chi connectivity index (χ4v) is 2.24. The van der Waals surface area contributed by atoms with Crippen molar-refractivity contribution in [3.63, 3.8) is 0 Å². The van der Waals surface area contributed by atoms with Crippen molar-refractivity contribution in [3.05, 3.63) is 35.1 Å². The monoisotopic (exact) mass is 259 g/mol. The molecule has 0 saturated carbocycles. The van der Waals surface area contributed by atoms with E-state index in [1.165, 1.54) is 0 Å². The highest BCUT2D eigenvalue weighted by Gasteiger charge is 2.30. The van der Waals surface area contributed by atoms with Crippen LogP contribution in [0.25, 0.3) is 0 Å². The third-order valence-electron chi connectivity index (χ3n) is 3.06. The van der Waals surface area contributed by atoms with Crippen LogP contribution in [0.3, 0.4) is 0 Å². The van der Waals surface area contributed by atoms with E-state index in [-0.39, 0.29) is 5.56 Å². The van der Waals surface area contributed by atoms with E-state index in [9.17, 15) is 18.0 Å². The lowest BCUT2D eigenvalue weighted by Crippen LogP contribution is -2.32. The van der Waals surface area contributed by atoms with Crippen LogP contribution in [-0.2, 0) is 4.79 Å². The normalized spacial score (nSPS) is 17.9. The summed E-state index contributed by atoms with van der Waals surface area (Å²) in [4.78, 5) is 12.8. The van der Waals surface area contributed by atoms with E-state index in [2.05, 4.69) is 0 Å². The molecule has 0 amide bonds. The summed E-state index contributed by atoms with van der Waals surface area (Å²) >= 11 is 0. The molecule has 1 heterocycles. The van der Waals surface area contributed by atoms with Crippen LogP contribution in [0, 0.1) is 17.5 Å². The van der Waals surface area contributed by atoms with Crippen LogP contribution in [-0.4, -0.2) is 29.1 Å². The molecule has 1 aliphatic heterocycles. The maximum absolute atomic E-state index is 13.1. The molecule has 0 bridgehead atoms. The molecule has 0 spiro atoms. The zero-order valence-electron chi connectivity index (χ0n) is 9.50. The summed E-state index contributed by atoms with van der Waals surface area (Å²) in [6, 6.07) is 0.363. The minimum Gasteiger partial charge on any atom is -0.480 e. The predicted octanol–water partition coefficient (Wildman–Crippen LogP) is 2.33. The number of aliphatic carboxylic acids is 1. The second-order valence-corrected chi connectivity index (χ2v) is 4.28. The Bertz CT molecular complexity index is 449. The number of benzene rings is 1. The van der Waals surface area contributed by atoms with Crippen LogP contribution in [0.4, 0.5) is 13.2 Å². The highest BCUT2D eigenvalue weighted by atomic mass is 19.2. The van der Waals surface area contributed by atoms with Gasteiger partial charge in [0.15, 0.2) is 17.5 Å². The van der Waals surface area contributed by atoms with E-state index in [1.807, 2.05) is 0 Å². The maximum atomic E-state index is 13.1. The van der Waals surface area contributed by atoms with Crippen molar-refractivity contribution < 1.29 is 23.1 Å². The van der Waals surface area contributed by atoms with Crippen molar-refractivity contribution in [2.24, 2.45) is 0 Å². The molecule has 1 aromatic rings. The van der Waals surface area contributed by atoms with Crippen molar-refractivity contribution in [2.45, 2.75) is 18.9 Å². The number of hydrogen-bond acceptors (Lipinski definition) is 2. The van der Waals surface area contributed by atoms with Crippen LogP contribution in [0.2, 0.25) is 0 Å². The molecule has 1 aromatic carbocycles. The van der Waals surface area contributed by atoms with Crippen molar-refractivity contribution >= 4 is 5.97 Å². The van der Waals surface area contributed by atoms with E-state index in [0.29, 0.717) is 13.1 Å². The third-order valence-corrected chi connectivity index (χ3v) is 3.06. The molecule has 1 fully saturated rings. The summed E-state index contributed by atoms with van der Waals surface area (Å²) in [5, 5.41) is 9.16. The van der Waals surface area contributed by atoms with Gasteiger partial charge in [0.2, 0.25) is 0 Å². The number of nitrogens with zero attached hydrogens (tertiary/aromatic N) is 1. The number of likely N-dealkylation sites (tertiary alicyclic amines) is 1. The minimum absolute atomic E-state index is 0.0687. The Kier molecular flexibility index (Phi) is 3.56. The van der Waals surface area contributed by atoms with Gasteiger partial charge in [0.1, 0.15) is 6.04 Å². The van der Waals surface area contributed by atoms with Crippen molar-refractivity contribution in [1.29, 1.82) is 0 Å². The smallest absolute Gasteiger partial charge is 0.325 e. The predicted molar refractivity (Wildman–Crippen MR) is 57.5 cm³/mol. The Labute approximate surface area is 102 Å². The van der Waals surface area contributed by atoms with Gasteiger partial charge in [-0.15, -0.1) is 0 Å². The second-order valence-electron chi connectivity index (χ2n) is 4.28. The molecule has 1 aliphatic rings. The van der Waals surface area contributed by atoms with Crippen molar-refractivity contribution in [3.8, 4) is 0 Å². The van der Waals surface area contributed by atoms with E-state index >= 15 is 0 Å². The van der Waals surface area contributed by atoms with Gasteiger partial charge in [-0.3, -0.25) is 9.69 Å². The number of rotatable bonds is 3. The first-order chi connectivity index (χ1) is 8.50. The van der Waals surface area contributed by atoms with E-state index in [0.717, 1.165) is 25.0 Å². The number of carboxylic acid groups (broad SMARTS) is 1. The van der Waals surface area contributed by atoms with Crippen LogP contribution in [0.1, 0.15) is 24.4 Å². The van der Waals surface area contributed by atoms with Crippen LogP contribution in [0.5, 0.6) is 0 Å². The lowest BCUT2D eigenvalue weighted by molar-refractivity contribution is -0.143. The van der Waals surface area contributed by atoms with Crippen molar-refractivity contribution in [1.82, 2.24) is 4.90 Å². The molecule has 2 rings (SSSR count). The van der Waals surface area contributed by atoms with Gasteiger partial charge in [-0.25, -0.2) is 13.2 Å². The highest BCUT2D eigenvalue weighted by molar-refractivity contribution is 5.75. The van der Waals surface area contributed by atoms with E-state index < -0.39 is 29.5 Å². The molecule has 1 unspecified atom stereocenters. The van der Waals surface area contributed by atoms with Gasteiger partial charge in [0.05, 0.1) is 0 Å². The Morgan fingerprint density at radius 1 is 1.17 bits per heavy atom. The van der Waals surface area contributed by atoms with Crippen LogP contribution < -0.4 is 0 Å². The fraction of sp³-hybridized carbons (Fsp3) is 0.417. The number of carboxylic acids is 1. The first-order valence-electron chi connectivity index (χ1n) is 5.62. The SMILES string of the molecule is O=C(O)C(c1cc(F)c(F)c(F)c1)N1CCCC1. The third kappa shape index (κ3) is 2.33. The molecule has 3 nitrogen and oxygen atoms in total. The standard InChI is InChI=1S/C12H12F3NO2/c13-8-5-7(6-9(14)10(8)15)11(12(17)18)16-3-1-2-4-16/h5-6,11H,1-4H2,(H,17,18). The van der Waals surface area contributed by atoms with E-state index in [1.54, 1.807) is 4.90 Å². The summed E-state index contributed by atoms with van der Waals surface area (Å²) in [7, 11) is 0. The van der Waals surface area contributed by atoms with Gasteiger partial charge in [0.25, 0.3) is 0 Å². The largest absolute Gasteiger partial charge is 0.480 e. The quantitative estimate of drug-likeness (QED) is 0.847. The molecule has 0 aromatic heterocycles. The molecule has 1 saturated heterocycles. The number of carbonyl (C=O) groups is 1. The molecule has 98 valence electrons. The highest BCUT2D eigenvalue weighted by Crippen LogP contribution is 2.27. The molecule has 18 heavy (non-hydrogen) atoms. The summed E-state index contributed by atoms with van der Waals surface area (Å²) in [5.74, 6) is -5.50. The molecular weight excluding hydrogens is 247 g/mol. The Hall–Kier alpha value is -1.56. The topological polar surface area (TPSA) is 40.5 Å². The molecule has 6 heteroatoms. The lowest BCUT2D eigenvalue weighted by atomic mass is 10.1. The Balaban J connectivity index is 2.39. The fourth-order valence-electron chi connectivity index (χ4n) is 2.24.